The Bertz CT molecular complexity index is 1490. The molecule has 0 radical (unpaired) electrons. The Morgan fingerprint density at radius 2 is 1.89 bits per heavy atom. The number of ether oxygens (including phenoxy) is 3. The van der Waals surface area contributed by atoms with Gasteiger partial charge in [-0.3, -0.25) is 9.59 Å². The molecule has 1 saturated heterocycles. The van der Waals surface area contributed by atoms with E-state index in [9.17, 15) is 26.8 Å². The minimum absolute atomic E-state index is 0.00708. The average molecular weight is 558 g/mol. The standard InChI is InChI=1S/C23H22ClF2N3O7S/c1-37(32,33)11-14-10-34-13(8-35-14)9-36-20-17(26)4-5-18-19(20)22(30)29-21(28-18)23(31)27-7-12-2-3-16(25)15(24)6-12/h2-6,13-14H,7-11H2,1H3,(H,27,31)(H,28,29,30). The summed E-state index contributed by atoms with van der Waals surface area (Å²) in [7, 11) is -3.24. The Morgan fingerprint density at radius 1 is 1.19 bits per heavy atom. The van der Waals surface area contributed by atoms with Crippen LogP contribution in [-0.2, 0) is 25.9 Å². The largest absolute Gasteiger partial charge is 0.487 e. The smallest absolute Gasteiger partial charge is 0.287 e. The fourth-order valence-electron chi connectivity index (χ4n) is 3.63. The molecule has 0 saturated carbocycles. The summed E-state index contributed by atoms with van der Waals surface area (Å²) in [5, 5.41) is 2.24. The van der Waals surface area contributed by atoms with Crippen molar-refractivity contribution in [3.63, 3.8) is 0 Å². The van der Waals surface area contributed by atoms with E-state index in [2.05, 4.69) is 15.3 Å². The van der Waals surface area contributed by atoms with Crippen LogP contribution in [0.2, 0.25) is 5.02 Å². The third-order valence-electron chi connectivity index (χ3n) is 5.37. The number of H-pyrrole nitrogens is 1. The molecule has 2 unspecified atom stereocenters. The van der Waals surface area contributed by atoms with Gasteiger partial charge in [-0.1, -0.05) is 17.7 Å². The maximum atomic E-state index is 14.6. The number of sulfone groups is 1. The van der Waals surface area contributed by atoms with Gasteiger partial charge in [0.25, 0.3) is 11.5 Å². The van der Waals surface area contributed by atoms with Crippen LogP contribution in [-0.4, -0.2) is 68.3 Å². The number of fused-ring (bicyclic) bond motifs is 1. The molecule has 14 heteroatoms. The number of carbonyl (C=O) groups excluding carboxylic acids is 1. The number of nitrogens with one attached hydrogen (secondary N) is 2. The van der Waals surface area contributed by atoms with Crippen LogP contribution < -0.4 is 15.6 Å². The summed E-state index contributed by atoms with van der Waals surface area (Å²) in [5.41, 5.74) is -0.259. The monoisotopic (exact) mass is 557 g/mol. The van der Waals surface area contributed by atoms with Gasteiger partial charge >= 0.3 is 0 Å². The number of aromatic amines is 1. The minimum atomic E-state index is -3.24. The van der Waals surface area contributed by atoms with E-state index < -0.39 is 45.1 Å². The van der Waals surface area contributed by atoms with Gasteiger partial charge in [0.1, 0.15) is 33.8 Å². The first-order valence-electron chi connectivity index (χ1n) is 11.0. The molecule has 1 aromatic heterocycles. The van der Waals surface area contributed by atoms with Crippen LogP contribution in [0, 0.1) is 11.6 Å². The Balaban J connectivity index is 1.45. The lowest BCUT2D eigenvalue weighted by Gasteiger charge is -2.29. The topological polar surface area (TPSA) is 137 Å². The van der Waals surface area contributed by atoms with Crippen molar-refractivity contribution >= 4 is 38.2 Å². The van der Waals surface area contributed by atoms with Crippen LogP contribution in [0.4, 0.5) is 8.78 Å². The highest BCUT2D eigenvalue weighted by atomic mass is 35.5. The van der Waals surface area contributed by atoms with Crippen molar-refractivity contribution in [3.8, 4) is 5.75 Å². The molecule has 0 aliphatic carbocycles. The number of halogens is 3. The van der Waals surface area contributed by atoms with Crippen molar-refractivity contribution in [1.82, 2.24) is 15.3 Å². The lowest BCUT2D eigenvalue weighted by atomic mass is 10.2. The summed E-state index contributed by atoms with van der Waals surface area (Å²) in [5.74, 6) is -3.02. The van der Waals surface area contributed by atoms with Gasteiger partial charge in [0, 0.05) is 12.8 Å². The number of carbonyl (C=O) groups is 1. The van der Waals surface area contributed by atoms with Gasteiger partial charge in [-0.2, -0.15) is 0 Å². The summed E-state index contributed by atoms with van der Waals surface area (Å²) in [6, 6.07) is 6.24. The fourth-order valence-corrected chi connectivity index (χ4v) is 4.70. The third kappa shape index (κ3) is 6.80. The van der Waals surface area contributed by atoms with E-state index in [1.54, 1.807) is 0 Å². The van der Waals surface area contributed by atoms with Crippen molar-refractivity contribution in [1.29, 1.82) is 0 Å². The van der Waals surface area contributed by atoms with E-state index in [0.29, 0.717) is 5.56 Å². The molecule has 2 N–H and O–H groups in total. The number of benzene rings is 2. The van der Waals surface area contributed by atoms with E-state index in [0.717, 1.165) is 18.4 Å². The maximum Gasteiger partial charge on any atom is 0.287 e. The Labute approximate surface area is 214 Å². The second kappa shape index (κ2) is 11.1. The predicted molar refractivity (Wildman–Crippen MR) is 130 cm³/mol. The lowest BCUT2D eigenvalue weighted by molar-refractivity contribution is -0.134. The van der Waals surface area contributed by atoms with Crippen molar-refractivity contribution in [3.05, 3.63) is 68.7 Å². The molecule has 1 aliphatic rings. The van der Waals surface area contributed by atoms with Crippen molar-refractivity contribution in [2.24, 2.45) is 0 Å². The Kier molecular flexibility index (Phi) is 8.07. The van der Waals surface area contributed by atoms with E-state index in [4.69, 9.17) is 25.8 Å². The number of hydrogen-bond donors (Lipinski definition) is 2. The summed E-state index contributed by atoms with van der Waals surface area (Å²) < 4.78 is 67.2. The molecule has 198 valence electrons. The van der Waals surface area contributed by atoms with Crippen molar-refractivity contribution in [2.75, 3.05) is 31.8 Å². The summed E-state index contributed by atoms with van der Waals surface area (Å²) in [6.45, 7) is -0.148. The summed E-state index contributed by atoms with van der Waals surface area (Å²) in [4.78, 5) is 31.7. The molecule has 1 fully saturated rings. The zero-order chi connectivity index (χ0) is 26.7. The average Bonchev–Trinajstić information content (AvgIpc) is 2.84. The highest BCUT2D eigenvalue weighted by Gasteiger charge is 2.26. The molecule has 1 amide bonds. The van der Waals surface area contributed by atoms with Crippen LogP contribution in [0.25, 0.3) is 10.9 Å². The van der Waals surface area contributed by atoms with E-state index >= 15 is 0 Å². The van der Waals surface area contributed by atoms with E-state index in [1.165, 1.54) is 18.2 Å². The highest BCUT2D eigenvalue weighted by Crippen LogP contribution is 2.26. The Morgan fingerprint density at radius 3 is 2.57 bits per heavy atom. The second-order valence-electron chi connectivity index (χ2n) is 8.43. The Hall–Kier alpha value is -3.13. The third-order valence-corrected chi connectivity index (χ3v) is 6.64. The molecule has 2 aromatic carbocycles. The number of nitrogens with zero attached hydrogens (tertiary/aromatic N) is 1. The van der Waals surface area contributed by atoms with E-state index in [-0.39, 0.29) is 59.6 Å². The zero-order valence-electron chi connectivity index (χ0n) is 19.4. The van der Waals surface area contributed by atoms with Crippen LogP contribution in [0.5, 0.6) is 5.75 Å². The minimum Gasteiger partial charge on any atom is -0.487 e. The SMILES string of the molecule is CS(=O)(=O)CC1COC(COc2c(F)ccc3nc(C(=O)NCc4ccc(F)c(Cl)c4)[nH]c(=O)c23)CO1. The molecule has 3 aromatic rings. The van der Waals surface area contributed by atoms with Crippen molar-refractivity contribution < 1.29 is 36.2 Å². The van der Waals surface area contributed by atoms with Crippen LogP contribution in [0.1, 0.15) is 16.2 Å². The first kappa shape index (κ1) is 26.9. The van der Waals surface area contributed by atoms with Gasteiger partial charge in [-0.05, 0) is 29.8 Å². The van der Waals surface area contributed by atoms with Crippen LogP contribution >= 0.6 is 11.6 Å². The van der Waals surface area contributed by atoms with Gasteiger partial charge < -0.3 is 24.5 Å². The summed E-state index contributed by atoms with van der Waals surface area (Å²) in [6.07, 6.45) is -0.142. The van der Waals surface area contributed by atoms with Gasteiger partial charge in [0.2, 0.25) is 0 Å². The number of rotatable bonds is 8. The predicted octanol–water partition coefficient (Wildman–Crippen LogP) is 1.99. The summed E-state index contributed by atoms with van der Waals surface area (Å²) >= 11 is 5.74. The molecular formula is C23H22ClF2N3O7S. The first-order chi connectivity index (χ1) is 17.5. The second-order valence-corrected chi connectivity index (χ2v) is 11.0. The van der Waals surface area contributed by atoms with Gasteiger partial charge in [0.05, 0.1) is 35.6 Å². The molecular weight excluding hydrogens is 536 g/mol. The molecule has 4 rings (SSSR count). The zero-order valence-corrected chi connectivity index (χ0v) is 21.0. The highest BCUT2D eigenvalue weighted by molar-refractivity contribution is 7.90. The molecule has 10 nitrogen and oxygen atoms in total. The maximum absolute atomic E-state index is 14.6. The fraction of sp³-hybridized carbons (Fsp3) is 0.348. The molecule has 0 spiro atoms. The number of hydrogen-bond acceptors (Lipinski definition) is 8. The van der Waals surface area contributed by atoms with Crippen molar-refractivity contribution in [2.45, 2.75) is 18.8 Å². The molecule has 37 heavy (non-hydrogen) atoms. The first-order valence-corrected chi connectivity index (χ1v) is 13.4. The number of aromatic nitrogens is 2. The van der Waals surface area contributed by atoms with Gasteiger partial charge in [-0.25, -0.2) is 22.2 Å². The lowest BCUT2D eigenvalue weighted by Crippen LogP contribution is -2.41. The molecule has 2 heterocycles. The normalized spacial score (nSPS) is 18.1. The van der Waals surface area contributed by atoms with E-state index in [1.807, 2.05) is 0 Å². The van der Waals surface area contributed by atoms with Gasteiger partial charge in [-0.15, -0.1) is 0 Å². The molecule has 2 atom stereocenters. The van der Waals surface area contributed by atoms with Gasteiger partial charge in [0.15, 0.2) is 17.4 Å². The van der Waals surface area contributed by atoms with Crippen LogP contribution in [0.3, 0.4) is 0 Å². The molecule has 0 bridgehead atoms. The number of amides is 1. The quantitative estimate of drug-likeness (QED) is 0.429. The molecule has 1 aliphatic heterocycles. The van der Waals surface area contributed by atoms with Crippen LogP contribution in [0.15, 0.2) is 35.1 Å².